The highest BCUT2D eigenvalue weighted by atomic mass is 35.5. The first-order chi connectivity index (χ1) is 12.9. The maximum absolute atomic E-state index is 10.2. The van der Waals surface area contributed by atoms with E-state index in [1.807, 2.05) is 31.2 Å². The number of benzene rings is 2. The van der Waals surface area contributed by atoms with Gasteiger partial charge in [-0.05, 0) is 48.2 Å². The molecule has 3 rings (SSSR count). The van der Waals surface area contributed by atoms with Gasteiger partial charge in [-0.25, -0.2) is 0 Å². The van der Waals surface area contributed by atoms with E-state index in [-0.39, 0.29) is 0 Å². The van der Waals surface area contributed by atoms with E-state index in [9.17, 15) is 20.4 Å². The summed E-state index contributed by atoms with van der Waals surface area (Å²) < 4.78 is 10.7. The third kappa shape index (κ3) is 4.43. The summed E-state index contributed by atoms with van der Waals surface area (Å²) in [6.45, 7) is 2.52. The number of hydrogen-bond acceptors (Lipinski definition) is 6. The van der Waals surface area contributed by atoms with Crippen molar-refractivity contribution in [2.24, 2.45) is 0 Å². The first-order valence-corrected chi connectivity index (χ1v) is 9.16. The van der Waals surface area contributed by atoms with Crippen molar-refractivity contribution < 1.29 is 29.9 Å². The predicted molar refractivity (Wildman–Crippen MR) is 99.7 cm³/mol. The number of ether oxygens (including phenoxy) is 2. The second kappa shape index (κ2) is 8.56. The fourth-order valence-corrected chi connectivity index (χ4v) is 3.32. The Morgan fingerprint density at radius 2 is 1.67 bits per heavy atom. The molecule has 2 aromatic rings. The van der Waals surface area contributed by atoms with Gasteiger partial charge in [0.2, 0.25) is 0 Å². The molecular weight excluding hydrogens is 372 g/mol. The third-order valence-electron chi connectivity index (χ3n) is 4.62. The number of halogens is 1. The molecule has 0 radical (unpaired) electrons. The molecule has 0 bridgehead atoms. The lowest BCUT2D eigenvalue weighted by Gasteiger charge is -2.38. The number of rotatable bonds is 5. The number of aliphatic hydroxyl groups excluding tert-OH is 4. The summed E-state index contributed by atoms with van der Waals surface area (Å²) in [4.78, 5) is 0. The first kappa shape index (κ1) is 20.1. The van der Waals surface area contributed by atoms with Gasteiger partial charge in [-0.15, -0.1) is 0 Å². The Balaban J connectivity index is 1.82. The van der Waals surface area contributed by atoms with Crippen LogP contribution in [0.3, 0.4) is 0 Å². The highest BCUT2D eigenvalue weighted by molar-refractivity contribution is 6.31. The molecule has 4 N–H and O–H groups in total. The molecule has 6 nitrogen and oxygen atoms in total. The fourth-order valence-electron chi connectivity index (χ4n) is 3.13. The molecule has 1 aliphatic rings. The maximum Gasteiger partial charge on any atom is 0.184 e. The molecule has 1 saturated heterocycles. The molecule has 146 valence electrons. The van der Waals surface area contributed by atoms with Gasteiger partial charge < -0.3 is 29.9 Å². The van der Waals surface area contributed by atoms with Crippen LogP contribution in [0.15, 0.2) is 42.5 Å². The molecule has 0 spiro atoms. The molecule has 27 heavy (non-hydrogen) atoms. The second-order valence-corrected chi connectivity index (χ2v) is 6.93. The Morgan fingerprint density at radius 3 is 2.33 bits per heavy atom. The van der Waals surface area contributed by atoms with Crippen LogP contribution in [0.2, 0.25) is 5.02 Å². The molecule has 0 amide bonds. The second-order valence-electron chi connectivity index (χ2n) is 6.52. The lowest BCUT2D eigenvalue weighted by Crippen LogP contribution is -2.54. The molecule has 5 atom stereocenters. The molecule has 2 aromatic carbocycles. The van der Waals surface area contributed by atoms with Crippen molar-refractivity contribution in [3.63, 3.8) is 0 Å². The van der Waals surface area contributed by atoms with Gasteiger partial charge in [0.15, 0.2) is 6.29 Å². The molecule has 1 fully saturated rings. The van der Waals surface area contributed by atoms with Crippen LogP contribution in [0, 0.1) is 0 Å². The summed E-state index contributed by atoms with van der Waals surface area (Å²) in [6.07, 6.45) is -6.46. The average molecular weight is 395 g/mol. The van der Waals surface area contributed by atoms with E-state index < -0.39 is 30.7 Å². The largest absolute Gasteiger partial charge is 0.494 e. The zero-order valence-corrected chi connectivity index (χ0v) is 15.6. The SMILES string of the molecule is CCOc1ccc(Cc2cc(C3OC(O)C(O)C(O)C3O)ccc2Cl)cc1. The van der Waals surface area contributed by atoms with Crippen LogP contribution >= 0.6 is 11.6 Å². The van der Waals surface area contributed by atoms with Crippen LogP contribution in [0.4, 0.5) is 0 Å². The monoisotopic (exact) mass is 394 g/mol. The van der Waals surface area contributed by atoms with E-state index in [4.69, 9.17) is 21.1 Å². The molecule has 0 aromatic heterocycles. The topological polar surface area (TPSA) is 99.4 Å². The van der Waals surface area contributed by atoms with Gasteiger partial charge in [-0.3, -0.25) is 0 Å². The van der Waals surface area contributed by atoms with E-state index in [0.29, 0.717) is 23.6 Å². The minimum absolute atomic E-state index is 0.551. The fraction of sp³-hybridized carbons (Fsp3) is 0.400. The van der Waals surface area contributed by atoms with E-state index in [1.165, 1.54) is 0 Å². The van der Waals surface area contributed by atoms with Crippen molar-refractivity contribution in [2.75, 3.05) is 6.61 Å². The summed E-state index contributed by atoms with van der Waals surface area (Å²) in [7, 11) is 0. The van der Waals surface area contributed by atoms with Crippen LogP contribution in [0.1, 0.15) is 29.7 Å². The summed E-state index contributed by atoms with van der Waals surface area (Å²) in [5.74, 6) is 0.793. The molecule has 7 heteroatoms. The van der Waals surface area contributed by atoms with Crippen LogP contribution < -0.4 is 4.74 Å². The number of hydrogen-bond donors (Lipinski definition) is 4. The third-order valence-corrected chi connectivity index (χ3v) is 4.98. The van der Waals surface area contributed by atoms with Gasteiger partial charge in [0.1, 0.15) is 30.2 Å². The summed E-state index contributed by atoms with van der Waals surface area (Å²) in [5.41, 5.74) is 2.39. The first-order valence-electron chi connectivity index (χ1n) is 8.78. The quantitative estimate of drug-likeness (QED) is 0.617. The van der Waals surface area contributed by atoms with E-state index >= 15 is 0 Å². The van der Waals surface area contributed by atoms with Crippen molar-refractivity contribution in [1.29, 1.82) is 0 Å². The Kier molecular flexibility index (Phi) is 6.37. The van der Waals surface area contributed by atoms with Crippen molar-refractivity contribution in [1.82, 2.24) is 0 Å². The Hall–Kier alpha value is -1.67. The Labute approximate surface area is 162 Å². The standard InChI is InChI=1S/C20H23ClO6/c1-2-26-14-6-3-11(4-7-14)9-13-10-12(5-8-15(13)21)19-17(23)16(22)18(24)20(25)27-19/h3-8,10,16-20,22-25H,2,9H2,1H3. The van der Waals surface area contributed by atoms with Gasteiger partial charge in [-0.1, -0.05) is 35.9 Å². The van der Waals surface area contributed by atoms with Gasteiger partial charge >= 0.3 is 0 Å². The van der Waals surface area contributed by atoms with Gasteiger partial charge in [0.25, 0.3) is 0 Å². The average Bonchev–Trinajstić information content (AvgIpc) is 2.66. The normalized spacial score (nSPS) is 28.1. The van der Waals surface area contributed by atoms with E-state index in [1.54, 1.807) is 18.2 Å². The zero-order chi connectivity index (χ0) is 19.6. The molecule has 1 aliphatic heterocycles. The van der Waals surface area contributed by atoms with Gasteiger partial charge in [0, 0.05) is 5.02 Å². The Bertz CT molecular complexity index is 766. The van der Waals surface area contributed by atoms with Gasteiger partial charge in [-0.2, -0.15) is 0 Å². The highest BCUT2D eigenvalue weighted by Gasteiger charge is 2.43. The minimum atomic E-state index is -1.58. The smallest absolute Gasteiger partial charge is 0.184 e. The lowest BCUT2D eigenvalue weighted by molar-refractivity contribution is -0.284. The van der Waals surface area contributed by atoms with Crippen LogP contribution in [0.5, 0.6) is 5.75 Å². The Morgan fingerprint density at radius 1 is 0.963 bits per heavy atom. The maximum atomic E-state index is 10.2. The van der Waals surface area contributed by atoms with E-state index in [0.717, 1.165) is 16.9 Å². The molecule has 0 aliphatic carbocycles. The van der Waals surface area contributed by atoms with E-state index in [2.05, 4.69) is 0 Å². The molecule has 1 heterocycles. The van der Waals surface area contributed by atoms with Crippen LogP contribution in [-0.4, -0.2) is 51.6 Å². The van der Waals surface area contributed by atoms with Crippen molar-refractivity contribution in [2.45, 2.75) is 44.1 Å². The number of aliphatic hydroxyl groups is 4. The van der Waals surface area contributed by atoms with Crippen LogP contribution in [0.25, 0.3) is 0 Å². The minimum Gasteiger partial charge on any atom is -0.494 e. The van der Waals surface area contributed by atoms with Crippen molar-refractivity contribution in [3.8, 4) is 5.75 Å². The van der Waals surface area contributed by atoms with Crippen LogP contribution in [-0.2, 0) is 11.2 Å². The highest BCUT2D eigenvalue weighted by Crippen LogP contribution is 2.34. The predicted octanol–water partition coefficient (Wildman–Crippen LogP) is 1.80. The zero-order valence-electron chi connectivity index (χ0n) is 14.8. The summed E-state index contributed by atoms with van der Waals surface area (Å²) in [6, 6.07) is 12.8. The lowest BCUT2D eigenvalue weighted by atomic mass is 9.92. The van der Waals surface area contributed by atoms with Crippen molar-refractivity contribution in [3.05, 3.63) is 64.2 Å². The molecule has 5 unspecified atom stereocenters. The van der Waals surface area contributed by atoms with Crippen molar-refractivity contribution >= 4 is 11.6 Å². The molecule has 0 saturated carbocycles. The summed E-state index contributed by atoms with van der Waals surface area (Å²) in [5, 5.41) is 40.0. The van der Waals surface area contributed by atoms with Gasteiger partial charge in [0.05, 0.1) is 6.61 Å². The molecular formula is C20H23ClO6. The summed E-state index contributed by atoms with van der Waals surface area (Å²) >= 11 is 6.32.